The standard InChI is InChI=1S/C15H14FNO2S/c1-12-7-8-14(11-15(12)16)17-20(18,19)10-9-13-5-3-2-4-6-13/h2-11,17H,1H3/b10-9+. The molecule has 0 spiro atoms. The maximum atomic E-state index is 13.4. The van der Waals surface area contributed by atoms with Crippen molar-refractivity contribution in [3.8, 4) is 0 Å². The number of halogens is 1. The van der Waals surface area contributed by atoms with Gasteiger partial charge >= 0.3 is 0 Å². The van der Waals surface area contributed by atoms with Crippen LogP contribution in [-0.4, -0.2) is 8.42 Å². The van der Waals surface area contributed by atoms with Crippen molar-refractivity contribution in [1.82, 2.24) is 0 Å². The lowest BCUT2D eigenvalue weighted by atomic mass is 10.2. The highest BCUT2D eigenvalue weighted by Crippen LogP contribution is 2.15. The molecule has 1 N–H and O–H groups in total. The highest BCUT2D eigenvalue weighted by atomic mass is 32.2. The summed E-state index contributed by atoms with van der Waals surface area (Å²) in [6.07, 6.45) is 1.48. The zero-order valence-corrected chi connectivity index (χ0v) is 11.7. The van der Waals surface area contributed by atoms with Crippen LogP contribution in [0.5, 0.6) is 0 Å². The van der Waals surface area contributed by atoms with Gasteiger partial charge in [0.05, 0.1) is 11.1 Å². The molecule has 0 unspecified atom stereocenters. The first-order valence-electron chi connectivity index (χ1n) is 5.98. The second-order valence-corrected chi connectivity index (χ2v) is 5.89. The van der Waals surface area contributed by atoms with Crippen LogP contribution in [0.1, 0.15) is 11.1 Å². The summed E-state index contributed by atoms with van der Waals surface area (Å²) in [7, 11) is -3.66. The second kappa shape index (κ2) is 5.88. The van der Waals surface area contributed by atoms with Gasteiger partial charge in [-0.2, -0.15) is 0 Å². The van der Waals surface area contributed by atoms with Crippen LogP contribution < -0.4 is 4.72 Å². The molecule has 0 fully saturated rings. The van der Waals surface area contributed by atoms with Crippen molar-refractivity contribution in [3.05, 3.63) is 70.9 Å². The van der Waals surface area contributed by atoms with Crippen LogP contribution in [0.4, 0.5) is 10.1 Å². The smallest absolute Gasteiger partial charge is 0.255 e. The fourth-order valence-electron chi connectivity index (χ4n) is 1.59. The molecule has 0 aliphatic heterocycles. The first kappa shape index (κ1) is 14.3. The van der Waals surface area contributed by atoms with Crippen LogP contribution in [-0.2, 0) is 10.0 Å². The Bertz CT molecular complexity index is 725. The molecule has 2 aromatic rings. The van der Waals surface area contributed by atoms with Gasteiger partial charge in [-0.1, -0.05) is 36.4 Å². The van der Waals surface area contributed by atoms with E-state index in [1.54, 1.807) is 19.1 Å². The summed E-state index contributed by atoms with van der Waals surface area (Å²) in [5, 5.41) is 1.06. The molecular formula is C15H14FNO2S. The van der Waals surface area contributed by atoms with Crippen molar-refractivity contribution in [2.45, 2.75) is 6.92 Å². The highest BCUT2D eigenvalue weighted by Gasteiger charge is 2.07. The number of rotatable bonds is 4. The van der Waals surface area contributed by atoms with E-state index in [0.717, 1.165) is 17.0 Å². The fraction of sp³-hybridized carbons (Fsp3) is 0.0667. The van der Waals surface area contributed by atoms with Gasteiger partial charge in [-0.3, -0.25) is 4.72 Å². The van der Waals surface area contributed by atoms with E-state index in [0.29, 0.717) is 5.56 Å². The molecule has 20 heavy (non-hydrogen) atoms. The van der Waals surface area contributed by atoms with E-state index in [1.165, 1.54) is 18.2 Å². The van der Waals surface area contributed by atoms with E-state index < -0.39 is 15.8 Å². The molecule has 0 radical (unpaired) electrons. The van der Waals surface area contributed by atoms with Crippen molar-refractivity contribution in [1.29, 1.82) is 0 Å². The van der Waals surface area contributed by atoms with Gasteiger partial charge in [0.1, 0.15) is 5.82 Å². The van der Waals surface area contributed by atoms with Gasteiger partial charge in [0.25, 0.3) is 10.0 Å². The minimum atomic E-state index is -3.66. The lowest BCUT2D eigenvalue weighted by molar-refractivity contribution is 0.609. The first-order valence-corrected chi connectivity index (χ1v) is 7.53. The summed E-state index contributed by atoms with van der Waals surface area (Å²) in [5.41, 5.74) is 1.44. The topological polar surface area (TPSA) is 46.2 Å². The number of aryl methyl sites for hydroxylation is 1. The monoisotopic (exact) mass is 291 g/mol. The predicted molar refractivity (Wildman–Crippen MR) is 79.2 cm³/mol. The molecule has 0 aliphatic carbocycles. The zero-order chi connectivity index (χ0) is 14.6. The van der Waals surface area contributed by atoms with Crippen molar-refractivity contribution in [2.24, 2.45) is 0 Å². The average molecular weight is 291 g/mol. The normalized spacial score (nSPS) is 11.7. The quantitative estimate of drug-likeness (QED) is 0.936. The Balaban J connectivity index is 2.15. The van der Waals surface area contributed by atoms with Crippen LogP contribution in [0.15, 0.2) is 53.9 Å². The Morgan fingerprint density at radius 2 is 1.80 bits per heavy atom. The van der Waals surface area contributed by atoms with Crippen LogP contribution >= 0.6 is 0 Å². The van der Waals surface area contributed by atoms with Crippen molar-refractivity contribution < 1.29 is 12.8 Å². The molecule has 0 bridgehead atoms. The van der Waals surface area contributed by atoms with E-state index in [4.69, 9.17) is 0 Å². The van der Waals surface area contributed by atoms with E-state index in [1.807, 2.05) is 18.2 Å². The Labute approximate surface area is 117 Å². The van der Waals surface area contributed by atoms with Crippen LogP contribution in [0.3, 0.4) is 0 Å². The van der Waals surface area contributed by atoms with Gasteiger partial charge in [0.15, 0.2) is 0 Å². The number of nitrogens with one attached hydrogen (secondary N) is 1. The minimum Gasteiger partial charge on any atom is -0.280 e. The summed E-state index contributed by atoms with van der Waals surface area (Å²) < 4.78 is 39.4. The zero-order valence-electron chi connectivity index (χ0n) is 10.9. The molecule has 0 aromatic heterocycles. The molecule has 0 atom stereocenters. The predicted octanol–water partition coefficient (Wildman–Crippen LogP) is 3.55. The summed E-state index contributed by atoms with van der Waals surface area (Å²) in [4.78, 5) is 0. The Kier molecular flexibility index (Phi) is 4.20. The molecule has 5 heteroatoms. The molecule has 0 heterocycles. The average Bonchev–Trinajstić information content (AvgIpc) is 2.42. The highest BCUT2D eigenvalue weighted by molar-refractivity contribution is 7.95. The lowest BCUT2D eigenvalue weighted by Gasteiger charge is -2.05. The molecule has 2 aromatic carbocycles. The maximum absolute atomic E-state index is 13.4. The molecule has 104 valence electrons. The number of hydrogen-bond acceptors (Lipinski definition) is 2. The van der Waals surface area contributed by atoms with Gasteiger partial charge in [0, 0.05) is 0 Å². The van der Waals surface area contributed by atoms with Crippen LogP contribution in [0.2, 0.25) is 0 Å². The molecule has 0 saturated heterocycles. The number of benzene rings is 2. The van der Waals surface area contributed by atoms with Gasteiger partial charge < -0.3 is 0 Å². The Hall–Kier alpha value is -2.14. The third-order valence-corrected chi connectivity index (χ3v) is 3.69. The van der Waals surface area contributed by atoms with Crippen LogP contribution in [0, 0.1) is 12.7 Å². The van der Waals surface area contributed by atoms with Crippen LogP contribution in [0.25, 0.3) is 6.08 Å². The number of hydrogen-bond donors (Lipinski definition) is 1. The summed E-state index contributed by atoms with van der Waals surface area (Å²) in [5.74, 6) is -0.447. The summed E-state index contributed by atoms with van der Waals surface area (Å²) in [6, 6.07) is 13.3. The maximum Gasteiger partial charge on any atom is 0.255 e. The molecule has 2 rings (SSSR count). The molecule has 0 aliphatic rings. The minimum absolute atomic E-state index is 0.200. The number of sulfonamides is 1. The summed E-state index contributed by atoms with van der Waals surface area (Å²) >= 11 is 0. The fourth-order valence-corrected chi connectivity index (χ4v) is 2.45. The van der Waals surface area contributed by atoms with E-state index >= 15 is 0 Å². The Morgan fingerprint density at radius 3 is 2.45 bits per heavy atom. The van der Waals surface area contributed by atoms with Gasteiger partial charge in [-0.05, 0) is 36.3 Å². The number of anilines is 1. The van der Waals surface area contributed by atoms with E-state index in [2.05, 4.69) is 4.72 Å². The molecule has 0 amide bonds. The molecule has 3 nitrogen and oxygen atoms in total. The first-order chi connectivity index (χ1) is 9.46. The van der Waals surface area contributed by atoms with Crippen molar-refractivity contribution in [3.63, 3.8) is 0 Å². The molecule has 0 saturated carbocycles. The lowest BCUT2D eigenvalue weighted by Crippen LogP contribution is -2.09. The summed E-state index contributed by atoms with van der Waals surface area (Å²) in [6.45, 7) is 1.61. The Morgan fingerprint density at radius 1 is 1.10 bits per heavy atom. The van der Waals surface area contributed by atoms with E-state index in [-0.39, 0.29) is 5.69 Å². The third kappa shape index (κ3) is 3.93. The van der Waals surface area contributed by atoms with Gasteiger partial charge in [-0.15, -0.1) is 0 Å². The second-order valence-electron chi connectivity index (χ2n) is 4.32. The largest absolute Gasteiger partial charge is 0.280 e. The van der Waals surface area contributed by atoms with Gasteiger partial charge in [-0.25, -0.2) is 12.8 Å². The van der Waals surface area contributed by atoms with Crippen molar-refractivity contribution >= 4 is 21.8 Å². The third-order valence-electron chi connectivity index (χ3n) is 2.67. The SMILES string of the molecule is Cc1ccc(NS(=O)(=O)/C=C/c2ccccc2)cc1F. The van der Waals surface area contributed by atoms with Gasteiger partial charge in [0.2, 0.25) is 0 Å². The van der Waals surface area contributed by atoms with E-state index in [9.17, 15) is 12.8 Å². The van der Waals surface area contributed by atoms with Crippen molar-refractivity contribution in [2.75, 3.05) is 4.72 Å². The molecular weight excluding hydrogens is 277 g/mol.